The minimum absolute atomic E-state index is 0.0211. The van der Waals surface area contributed by atoms with Crippen LogP contribution in [0.3, 0.4) is 0 Å². The summed E-state index contributed by atoms with van der Waals surface area (Å²) in [7, 11) is 0. The van der Waals surface area contributed by atoms with Gasteiger partial charge in [-0.25, -0.2) is 4.79 Å². The number of hydrogen-bond donors (Lipinski definition) is 1. The van der Waals surface area contributed by atoms with Crippen molar-refractivity contribution < 1.29 is 23.9 Å². The second-order valence-electron chi connectivity index (χ2n) is 10.1. The Morgan fingerprint density at radius 2 is 1.86 bits per heavy atom. The van der Waals surface area contributed by atoms with Crippen LogP contribution >= 0.6 is 0 Å². The lowest BCUT2D eigenvalue weighted by Crippen LogP contribution is -2.63. The molecular formula is C23H35NO5. The largest absolute Gasteiger partial charge is 0.461 e. The fourth-order valence-corrected chi connectivity index (χ4v) is 7.03. The molecule has 3 aliphatic rings. The quantitative estimate of drug-likeness (QED) is 0.565. The molecule has 29 heavy (non-hydrogen) atoms. The van der Waals surface area contributed by atoms with Crippen LogP contribution in [0.2, 0.25) is 0 Å². The van der Waals surface area contributed by atoms with Gasteiger partial charge in [0.1, 0.15) is 18.0 Å². The van der Waals surface area contributed by atoms with Crippen LogP contribution in [-0.4, -0.2) is 30.1 Å². The molecule has 8 atom stereocenters. The molecule has 3 rings (SSSR count). The zero-order chi connectivity index (χ0) is 21.8. The van der Waals surface area contributed by atoms with E-state index in [0.717, 1.165) is 19.3 Å². The maximum absolute atomic E-state index is 13.3. The summed E-state index contributed by atoms with van der Waals surface area (Å²) in [5.41, 5.74) is 4.04. The smallest absolute Gasteiger partial charge is 0.404 e. The molecule has 0 aromatic carbocycles. The Kier molecular flexibility index (Phi) is 5.38. The van der Waals surface area contributed by atoms with Gasteiger partial charge >= 0.3 is 12.1 Å². The first-order chi connectivity index (χ1) is 13.4. The van der Waals surface area contributed by atoms with E-state index in [-0.39, 0.29) is 34.9 Å². The lowest BCUT2D eigenvalue weighted by Gasteiger charge is -2.62. The van der Waals surface area contributed by atoms with Gasteiger partial charge in [-0.15, -0.1) is 6.58 Å². The molecule has 6 nitrogen and oxygen atoms in total. The highest BCUT2D eigenvalue weighted by Gasteiger charge is 2.68. The Bertz CT molecular complexity index is 735. The molecule has 0 spiro atoms. The fourth-order valence-electron chi connectivity index (χ4n) is 7.03. The van der Waals surface area contributed by atoms with E-state index >= 15 is 0 Å². The third kappa shape index (κ3) is 3.10. The summed E-state index contributed by atoms with van der Waals surface area (Å²) in [5, 5.41) is 0. The van der Waals surface area contributed by atoms with Gasteiger partial charge in [0.15, 0.2) is 0 Å². The summed E-state index contributed by atoms with van der Waals surface area (Å²) >= 11 is 0. The normalized spacial score (nSPS) is 46.8. The van der Waals surface area contributed by atoms with Gasteiger partial charge < -0.3 is 15.2 Å². The first kappa shape index (κ1) is 21.8. The van der Waals surface area contributed by atoms with E-state index < -0.39 is 29.1 Å². The lowest BCUT2D eigenvalue weighted by atomic mass is 9.44. The molecule has 0 aromatic rings. The monoisotopic (exact) mass is 405 g/mol. The van der Waals surface area contributed by atoms with Crippen LogP contribution in [-0.2, 0) is 19.1 Å². The fraction of sp³-hybridized carbons (Fsp3) is 0.783. The molecule has 6 heteroatoms. The zero-order valence-corrected chi connectivity index (χ0v) is 18.3. The van der Waals surface area contributed by atoms with E-state index in [9.17, 15) is 14.4 Å². The minimum atomic E-state index is -0.839. The van der Waals surface area contributed by atoms with Gasteiger partial charge in [0, 0.05) is 36.0 Å². The van der Waals surface area contributed by atoms with Crippen molar-refractivity contribution in [3.8, 4) is 0 Å². The van der Waals surface area contributed by atoms with Gasteiger partial charge in [-0.05, 0) is 37.0 Å². The maximum atomic E-state index is 13.3. The van der Waals surface area contributed by atoms with E-state index in [4.69, 9.17) is 15.2 Å². The minimum Gasteiger partial charge on any atom is -0.461 e. The number of amides is 1. The molecule has 2 bridgehead atoms. The Hall–Kier alpha value is -1.85. The van der Waals surface area contributed by atoms with Gasteiger partial charge in [-0.1, -0.05) is 33.8 Å². The van der Waals surface area contributed by atoms with Gasteiger partial charge in [0.05, 0.1) is 0 Å². The maximum Gasteiger partial charge on any atom is 0.404 e. The summed E-state index contributed by atoms with van der Waals surface area (Å²) in [6.45, 7) is 13.8. The number of ketones is 1. The van der Waals surface area contributed by atoms with Crippen LogP contribution in [0.5, 0.6) is 0 Å². The number of Topliss-reactive ketones (excluding diaryl/α,β-unsaturated/α-hetero) is 1. The van der Waals surface area contributed by atoms with Crippen LogP contribution in [0.15, 0.2) is 12.7 Å². The molecule has 0 heterocycles. The highest BCUT2D eigenvalue weighted by atomic mass is 16.6. The SMILES string of the molecule is C=C[C@]1(C)C[C@@H](OC(N)=O)[C@]2(C)[C@H](C)CC[C@]3(CCC(=O)[C@H]32)[C@@H](C)[C@@H]1OC(C)=O. The molecule has 3 saturated carbocycles. The van der Waals surface area contributed by atoms with Crippen molar-refractivity contribution in [2.45, 2.75) is 78.9 Å². The number of nitrogens with two attached hydrogens (primary N) is 1. The Morgan fingerprint density at radius 3 is 2.41 bits per heavy atom. The van der Waals surface area contributed by atoms with E-state index in [2.05, 4.69) is 27.4 Å². The number of rotatable bonds is 3. The van der Waals surface area contributed by atoms with Crippen molar-refractivity contribution in [3.63, 3.8) is 0 Å². The third-order valence-electron chi connectivity index (χ3n) is 8.81. The van der Waals surface area contributed by atoms with Crippen LogP contribution < -0.4 is 5.73 Å². The van der Waals surface area contributed by atoms with E-state index in [1.54, 1.807) is 0 Å². The average Bonchev–Trinajstić information content (AvgIpc) is 2.99. The van der Waals surface area contributed by atoms with Crippen molar-refractivity contribution in [1.29, 1.82) is 0 Å². The number of carbonyl (C=O) groups excluding carboxylic acids is 3. The predicted molar refractivity (Wildman–Crippen MR) is 109 cm³/mol. The number of ether oxygens (including phenoxy) is 2. The van der Waals surface area contributed by atoms with Crippen LogP contribution in [0, 0.1) is 34.0 Å². The molecule has 0 radical (unpaired) electrons. The molecule has 162 valence electrons. The first-order valence-electron chi connectivity index (χ1n) is 10.7. The summed E-state index contributed by atoms with van der Waals surface area (Å²) in [6.07, 6.45) is 3.48. The third-order valence-corrected chi connectivity index (χ3v) is 8.81. The topological polar surface area (TPSA) is 95.7 Å². The van der Waals surface area contributed by atoms with Gasteiger partial charge in [-0.2, -0.15) is 0 Å². The standard InChI is InChI=1S/C23H35NO5/c1-7-21(5)12-17(29-20(24)27)22(6)13(2)8-10-23(11-9-16(26)18(22)23)14(3)19(21)28-15(4)25/h7,13-14,17-19H,1,8-12H2,2-6H3,(H2,24,27)/t13-,14+,17-,18+,19+,21-,22+,23+/m1/s1. The Morgan fingerprint density at radius 1 is 1.21 bits per heavy atom. The average molecular weight is 406 g/mol. The highest BCUT2D eigenvalue weighted by Crippen LogP contribution is 2.68. The van der Waals surface area contributed by atoms with Crippen molar-refractivity contribution >= 4 is 17.8 Å². The number of primary amides is 1. The molecule has 0 aromatic heterocycles. The summed E-state index contributed by atoms with van der Waals surface area (Å²) in [4.78, 5) is 37.2. The molecule has 1 amide bonds. The molecule has 2 N–H and O–H groups in total. The van der Waals surface area contributed by atoms with Crippen molar-refractivity contribution in [2.75, 3.05) is 0 Å². The molecular weight excluding hydrogens is 370 g/mol. The van der Waals surface area contributed by atoms with E-state index in [1.807, 2.05) is 13.0 Å². The predicted octanol–water partition coefficient (Wildman–Crippen LogP) is 4.02. The second-order valence-corrected chi connectivity index (χ2v) is 10.1. The second kappa shape index (κ2) is 7.13. The zero-order valence-electron chi connectivity index (χ0n) is 18.3. The lowest BCUT2D eigenvalue weighted by molar-refractivity contribution is -0.202. The van der Waals surface area contributed by atoms with Crippen LogP contribution in [0.1, 0.15) is 66.7 Å². The van der Waals surface area contributed by atoms with Gasteiger partial charge in [0.25, 0.3) is 0 Å². The molecule has 0 saturated heterocycles. The number of carbonyl (C=O) groups is 3. The molecule has 0 aliphatic heterocycles. The summed E-state index contributed by atoms with van der Waals surface area (Å²) < 4.78 is 11.6. The number of hydrogen-bond acceptors (Lipinski definition) is 5. The summed E-state index contributed by atoms with van der Waals surface area (Å²) in [6, 6.07) is 0. The van der Waals surface area contributed by atoms with E-state index in [0.29, 0.717) is 12.8 Å². The van der Waals surface area contributed by atoms with Crippen LogP contribution in [0.4, 0.5) is 4.79 Å². The van der Waals surface area contributed by atoms with Gasteiger partial charge in [0.2, 0.25) is 0 Å². The van der Waals surface area contributed by atoms with Crippen molar-refractivity contribution in [2.24, 2.45) is 39.7 Å². The first-order valence-corrected chi connectivity index (χ1v) is 10.7. The Labute approximate surface area is 173 Å². The van der Waals surface area contributed by atoms with Crippen LogP contribution in [0.25, 0.3) is 0 Å². The molecule has 3 aliphatic carbocycles. The molecule has 0 unspecified atom stereocenters. The van der Waals surface area contributed by atoms with E-state index in [1.165, 1.54) is 6.92 Å². The Balaban J connectivity index is 2.25. The summed E-state index contributed by atoms with van der Waals surface area (Å²) in [5.74, 6) is -0.198. The highest BCUT2D eigenvalue weighted by molar-refractivity contribution is 5.85. The number of esters is 1. The molecule has 3 fully saturated rings. The van der Waals surface area contributed by atoms with Gasteiger partial charge in [-0.3, -0.25) is 9.59 Å². The van der Waals surface area contributed by atoms with Crippen molar-refractivity contribution in [3.05, 3.63) is 12.7 Å². The van der Waals surface area contributed by atoms with Crippen molar-refractivity contribution in [1.82, 2.24) is 0 Å².